The molecule has 13 heteroatoms. The van der Waals surface area contributed by atoms with Gasteiger partial charge in [-0.15, -0.1) is 0 Å². The smallest absolute Gasteiger partial charge is 0.266 e. The first kappa shape index (κ1) is 53.7. The fourth-order valence-corrected chi connectivity index (χ4v) is 7.50. The second-order valence-electron chi connectivity index (χ2n) is 16.6. The Balaban J connectivity index is 0.000000354. The van der Waals surface area contributed by atoms with E-state index >= 15 is 0 Å². The van der Waals surface area contributed by atoms with E-state index in [1.807, 2.05) is 82.2 Å². The van der Waals surface area contributed by atoms with Gasteiger partial charge in [-0.2, -0.15) is 0 Å². The van der Waals surface area contributed by atoms with E-state index < -0.39 is 6.04 Å². The molecule has 6 aromatic rings. The van der Waals surface area contributed by atoms with E-state index in [1.165, 1.54) is 54.5 Å². The number of nitrogens with one attached hydrogen (secondary N) is 1. The first-order valence-electron chi connectivity index (χ1n) is 22.2. The lowest BCUT2D eigenvalue weighted by Crippen LogP contribution is -2.40. The molecule has 2 atom stereocenters. The summed E-state index contributed by atoms with van der Waals surface area (Å²) in [4.78, 5) is 55.8. The maximum atomic E-state index is 13.7. The number of hydrogen-bond donors (Lipinski definition) is 1. The van der Waals surface area contributed by atoms with Gasteiger partial charge in [0.1, 0.15) is 23.3 Å². The molecule has 6 rings (SSSR count). The summed E-state index contributed by atoms with van der Waals surface area (Å²) in [5.41, 5.74) is 1.99. The molecule has 0 saturated carbocycles. The Hall–Kier alpha value is -5.63. The van der Waals surface area contributed by atoms with Crippen LogP contribution in [0.15, 0.2) is 107 Å². The first-order valence-corrected chi connectivity index (χ1v) is 22.2. The molecule has 0 saturated heterocycles. The lowest BCUT2D eigenvalue weighted by Gasteiger charge is -2.31. The van der Waals surface area contributed by atoms with Gasteiger partial charge in [-0.25, -0.2) is 18.7 Å². The monoisotopic (exact) mass is 895 g/mol. The second kappa shape index (κ2) is 26.4. The Labute approximate surface area is 385 Å². The molecular formula is C52H72F2N8O3. The van der Waals surface area contributed by atoms with Crippen molar-refractivity contribution >= 4 is 27.7 Å². The third-order valence-electron chi connectivity index (χ3n) is 11.1. The Bertz CT molecular complexity index is 2500. The molecule has 1 amide bonds. The number of carbonyl (C=O) groups is 1. The van der Waals surface area contributed by atoms with Crippen LogP contribution in [0.25, 0.3) is 33.2 Å². The Morgan fingerprint density at radius 1 is 0.615 bits per heavy atom. The Kier molecular flexibility index (Phi) is 21.8. The van der Waals surface area contributed by atoms with Crippen LogP contribution in [0, 0.1) is 11.6 Å². The van der Waals surface area contributed by atoms with Gasteiger partial charge in [0.25, 0.3) is 11.1 Å². The van der Waals surface area contributed by atoms with E-state index in [9.17, 15) is 23.2 Å². The van der Waals surface area contributed by atoms with E-state index in [1.54, 1.807) is 47.0 Å². The summed E-state index contributed by atoms with van der Waals surface area (Å²) < 4.78 is 30.1. The molecule has 2 unspecified atom stereocenters. The molecule has 65 heavy (non-hydrogen) atoms. The molecule has 0 radical (unpaired) electrons. The number of fused-ring (bicyclic) bond motifs is 2. The van der Waals surface area contributed by atoms with E-state index in [0.717, 1.165) is 32.4 Å². The number of hydrogen-bond acceptors (Lipinski definition) is 8. The number of nitrogens with zero attached hydrogens (tertiary/aromatic N) is 7. The molecule has 0 aliphatic heterocycles. The number of halogens is 2. The summed E-state index contributed by atoms with van der Waals surface area (Å²) in [6, 6.07) is 25.6. The fourth-order valence-electron chi connectivity index (χ4n) is 7.50. The lowest BCUT2D eigenvalue weighted by atomic mass is 10.1. The van der Waals surface area contributed by atoms with Gasteiger partial charge in [0.2, 0.25) is 5.91 Å². The molecule has 2 heterocycles. The van der Waals surface area contributed by atoms with Crippen LogP contribution >= 0.6 is 0 Å². The standard InChI is InChI=1S/C30H41FN4O2.C20H23FN4O.2CH4/c1-5-6-7-8-9-10-11-16-28(36)34(22-21-33(3)4)23(2)29-32-27-15-13-12-14-26(27)30(37)35(29)25-19-17-24(31)18-20-25;1-14(22-12-13-24(2)3)19-23-18-7-5-4-6-17(18)20(26)25(19)16-10-8-15(21)9-11-16;;/h12-15,17-20,23H,5-11,16,21-22H2,1-4H3;4-11,14,22H,12-13H2,1-3H3;2*1H4. The highest BCUT2D eigenvalue weighted by Crippen LogP contribution is 2.25. The average molecular weight is 895 g/mol. The number of amides is 1. The van der Waals surface area contributed by atoms with Gasteiger partial charge < -0.3 is 20.0 Å². The number of benzene rings is 4. The Morgan fingerprint density at radius 3 is 1.55 bits per heavy atom. The molecule has 2 aromatic heterocycles. The van der Waals surface area contributed by atoms with E-state index in [4.69, 9.17) is 9.97 Å². The number of para-hydroxylation sites is 2. The summed E-state index contributed by atoms with van der Waals surface area (Å²) in [5.74, 6) is 0.434. The van der Waals surface area contributed by atoms with Crippen LogP contribution in [0.5, 0.6) is 0 Å². The predicted molar refractivity (Wildman–Crippen MR) is 264 cm³/mol. The summed E-state index contributed by atoms with van der Waals surface area (Å²) in [6.45, 7) is 8.97. The van der Waals surface area contributed by atoms with E-state index in [2.05, 4.69) is 17.1 Å². The van der Waals surface area contributed by atoms with Crippen LogP contribution in [-0.2, 0) is 4.79 Å². The third kappa shape index (κ3) is 14.7. The molecule has 0 aliphatic rings. The molecule has 11 nitrogen and oxygen atoms in total. The minimum absolute atomic E-state index is 0. The molecular weight excluding hydrogens is 823 g/mol. The van der Waals surface area contributed by atoms with Crippen LogP contribution in [0.2, 0.25) is 0 Å². The van der Waals surface area contributed by atoms with Crippen LogP contribution in [0.4, 0.5) is 8.78 Å². The number of carbonyl (C=O) groups excluding carboxylic acids is 1. The van der Waals surface area contributed by atoms with Crippen LogP contribution < -0.4 is 16.4 Å². The normalized spacial score (nSPS) is 12.0. The van der Waals surface area contributed by atoms with Gasteiger partial charge in [0.15, 0.2) is 0 Å². The lowest BCUT2D eigenvalue weighted by molar-refractivity contribution is -0.133. The van der Waals surface area contributed by atoms with Crippen molar-refractivity contribution in [1.82, 2.24) is 39.1 Å². The van der Waals surface area contributed by atoms with Crippen molar-refractivity contribution in [3.05, 3.63) is 141 Å². The Morgan fingerprint density at radius 2 is 1.06 bits per heavy atom. The van der Waals surface area contributed by atoms with Crippen molar-refractivity contribution in [3.8, 4) is 11.4 Å². The third-order valence-corrected chi connectivity index (χ3v) is 11.1. The van der Waals surface area contributed by atoms with Gasteiger partial charge >= 0.3 is 0 Å². The largest absolute Gasteiger partial charge is 0.331 e. The zero-order valence-electron chi connectivity index (χ0n) is 38.0. The maximum Gasteiger partial charge on any atom is 0.266 e. The zero-order valence-corrected chi connectivity index (χ0v) is 38.0. The molecule has 4 aromatic carbocycles. The number of aromatic nitrogens is 4. The van der Waals surface area contributed by atoms with E-state index in [-0.39, 0.29) is 49.6 Å². The first-order chi connectivity index (χ1) is 30.3. The van der Waals surface area contributed by atoms with E-state index in [0.29, 0.717) is 64.3 Å². The molecule has 0 aliphatic carbocycles. The van der Waals surface area contributed by atoms with Crippen molar-refractivity contribution in [3.63, 3.8) is 0 Å². The maximum absolute atomic E-state index is 13.7. The van der Waals surface area contributed by atoms with Gasteiger partial charge in [0, 0.05) is 32.6 Å². The van der Waals surface area contributed by atoms with Crippen molar-refractivity contribution in [1.29, 1.82) is 0 Å². The highest BCUT2D eigenvalue weighted by molar-refractivity contribution is 5.79. The van der Waals surface area contributed by atoms with Gasteiger partial charge in [-0.3, -0.25) is 23.5 Å². The number of likely N-dealkylation sites (N-methyl/N-ethyl adjacent to an activating group) is 2. The summed E-state index contributed by atoms with van der Waals surface area (Å²) >= 11 is 0. The van der Waals surface area contributed by atoms with Crippen LogP contribution in [0.1, 0.15) is 111 Å². The van der Waals surface area contributed by atoms with Gasteiger partial charge in [-0.1, -0.05) is 84.6 Å². The van der Waals surface area contributed by atoms with Crippen LogP contribution in [-0.4, -0.2) is 94.1 Å². The quantitative estimate of drug-likeness (QED) is 0.0755. The van der Waals surface area contributed by atoms with Gasteiger partial charge in [-0.05, 0) is 121 Å². The molecule has 0 bridgehead atoms. The fraction of sp³-hybridized carbons (Fsp3) is 0.442. The second-order valence-corrected chi connectivity index (χ2v) is 16.6. The highest BCUT2D eigenvalue weighted by Gasteiger charge is 2.27. The SMILES string of the molecule is C.C.CC(NCCN(C)C)c1nc2ccccc2c(=O)n1-c1ccc(F)cc1.CCCCCCCCCC(=O)N(CCN(C)C)C(C)c1nc2ccccc2c(=O)n1-c1ccc(F)cc1. The van der Waals surface area contributed by atoms with Crippen molar-refractivity contribution in [2.45, 2.75) is 99.1 Å². The van der Waals surface area contributed by atoms with Gasteiger partial charge in [0.05, 0.1) is 45.3 Å². The van der Waals surface area contributed by atoms with Crippen molar-refractivity contribution in [2.75, 3.05) is 54.4 Å². The summed E-state index contributed by atoms with van der Waals surface area (Å²) in [7, 11) is 7.98. The molecule has 352 valence electrons. The minimum atomic E-state index is -0.445. The summed E-state index contributed by atoms with van der Waals surface area (Å²) in [6.07, 6.45) is 8.48. The number of unbranched alkanes of at least 4 members (excludes halogenated alkanes) is 6. The minimum Gasteiger partial charge on any atom is -0.331 e. The zero-order chi connectivity index (χ0) is 45.5. The molecule has 1 N–H and O–H groups in total. The van der Waals surface area contributed by atoms with Crippen molar-refractivity contribution < 1.29 is 13.6 Å². The molecule has 0 fully saturated rings. The highest BCUT2D eigenvalue weighted by atomic mass is 19.1. The number of rotatable bonds is 20. The van der Waals surface area contributed by atoms with Crippen LogP contribution in [0.3, 0.4) is 0 Å². The average Bonchev–Trinajstić information content (AvgIpc) is 3.27. The summed E-state index contributed by atoms with van der Waals surface area (Å²) in [5, 5.41) is 4.43. The molecule has 0 spiro atoms. The predicted octanol–water partition coefficient (Wildman–Crippen LogP) is 10.1. The topological polar surface area (TPSA) is 109 Å². The van der Waals surface area contributed by atoms with Crippen molar-refractivity contribution in [2.24, 2.45) is 0 Å².